The molecule has 3 nitrogen and oxygen atoms in total. The molecule has 0 radical (unpaired) electrons. The third-order valence-electron chi connectivity index (χ3n) is 1.64. The van der Waals surface area contributed by atoms with Crippen LogP contribution in [0.15, 0.2) is 24.3 Å². The van der Waals surface area contributed by atoms with Crippen molar-refractivity contribution in [3.8, 4) is 5.75 Å². The van der Waals surface area contributed by atoms with E-state index in [9.17, 15) is 0 Å². The van der Waals surface area contributed by atoms with Crippen molar-refractivity contribution in [3.63, 3.8) is 0 Å². The first-order valence-electron chi connectivity index (χ1n) is 3.49. The zero-order valence-electron chi connectivity index (χ0n) is 6.41. The average Bonchev–Trinajstić information content (AvgIpc) is 2.05. The first-order valence-corrected chi connectivity index (χ1v) is 3.49. The molecule has 1 aromatic rings. The molecule has 11 heavy (non-hydrogen) atoms. The Balaban J connectivity index is 2.81. The Morgan fingerprint density at radius 1 is 1.36 bits per heavy atom. The highest BCUT2D eigenvalue weighted by molar-refractivity contribution is 5.27. The number of hydrazine groups is 1. The first-order chi connectivity index (χ1) is 5.24. The van der Waals surface area contributed by atoms with Crippen molar-refractivity contribution in [3.05, 3.63) is 29.8 Å². The number of benzene rings is 1. The highest BCUT2D eigenvalue weighted by Gasteiger charge is 2.00. The summed E-state index contributed by atoms with van der Waals surface area (Å²) in [4.78, 5) is 0. The van der Waals surface area contributed by atoms with Gasteiger partial charge in [-0.2, -0.15) is 0 Å². The van der Waals surface area contributed by atoms with Crippen molar-refractivity contribution >= 4 is 0 Å². The lowest BCUT2D eigenvalue weighted by atomic mass is 10.1. The van der Waals surface area contributed by atoms with Crippen LogP contribution in [-0.4, -0.2) is 5.11 Å². The third-order valence-corrected chi connectivity index (χ3v) is 1.64. The van der Waals surface area contributed by atoms with Gasteiger partial charge in [-0.3, -0.25) is 11.3 Å². The van der Waals surface area contributed by atoms with Crippen LogP contribution in [0.2, 0.25) is 0 Å². The van der Waals surface area contributed by atoms with Crippen molar-refractivity contribution in [1.82, 2.24) is 5.43 Å². The molecule has 4 N–H and O–H groups in total. The molecule has 0 bridgehead atoms. The fourth-order valence-electron chi connectivity index (χ4n) is 0.859. The second-order valence-electron chi connectivity index (χ2n) is 2.48. The zero-order chi connectivity index (χ0) is 8.27. The Hall–Kier alpha value is -1.06. The van der Waals surface area contributed by atoms with E-state index in [1.807, 2.05) is 19.1 Å². The fourth-order valence-corrected chi connectivity index (χ4v) is 0.859. The zero-order valence-corrected chi connectivity index (χ0v) is 6.41. The van der Waals surface area contributed by atoms with Gasteiger partial charge in [0.25, 0.3) is 0 Å². The third kappa shape index (κ3) is 1.93. The Morgan fingerprint density at radius 2 is 1.91 bits per heavy atom. The second-order valence-corrected chi connectivity index (χ2v) is 2.48. The van der Waals surface area contributed by atoms with Crippen molar-refractivity contribution in [2.45, 2.75) is 13.0 Å². The predicted molar refractivity (Wildman–Crippen MR) is 43.8 cm³/mol. The molecule has 0 fully saturated rings. The van der Waals surface area contributed by atoms with Crippen molar-refractivity contribution in [2.24, 2.45) is 5.84 Å². The van der Waals surface area contributed by atoms with Gasteiger partial charge < -0.3 is 5.11 Å². The molecule has 0 amide bonds. The minimum absolute atomic E-state index is 0.121. The van der Waals surface area contributed by atoms with E-state index < -0.39 is 0 Å². The van der Waals surface area contributed by atoms with E-state index in [0.29, 0.717) is 0 Å². The Labute approximate surface area is 65.8 Å². The molecule has 60 valence electrons. The quantitative estimate of drug-likeness (QED) is 0.436. The molecule has 0 saturated carbocycles. The molecule has 1 atom stereocenters. The summed E-state index contributed by atoms with van der Waals surface area (Å²) in [7, 11) is 0. The highest BCUT2D eigenvalue weighted by Crippen LogP contribution is 2.14. The topological polar surface area (TPSA) is 58.3 Å². The minimum atomic E-state index is 0.121. The van der Waals surface area contributed by atoms with Crippen LogP contribution in [0.25, 0.3) is 0 Å². The molecule has 1 aromatic carbocycles. The molecule has 3 heteroatoms. The number of hydrogen-bond donors (Lipinski definition) is 3. The van der Waals surface area contributed by atoms with Gasteiger partial charge >= 0.3 is 0 Å². The number of rotatable bonds is 2. The van der Waals surface area contributed by atoms with E-state index in [4.69, 9.17) is 10.9 Å². The molecule has 0 aromatic heterocycles. The lowest BCUT2D eigenvalue weighted by Gasteiger charge is -2.09. The summed E-state index contributed by atoms with van der Waals surface area (Å²) >= 11 is 0. The van der Waals surface area contributed by atoms with E-state index in [1.54, 1.807) is 12.1 Å². The molecule has 0 aliphatic carbocycles. The van der Waals surface area contributed by atoms with Crippen LogP contribution in [-0.2, 0) is 0 Å². The van der Waals surface area contributed by atoms with Gasteiger partial charge in [-0.1, -0.05) is 12.1 Å². The minimum Gasteiger partial charge on any atom is -0.508 e. The highest BCUT2D eigenvalue weighted by atomic mass is 16.3. The van der Waals surface area contributed by atoms with E-state index in [0.717, 1.165) is 5.56 Å². The van der Waals surface area contributed by atoms with Gasteiger partial charge in [0.15, 0.2) is 0 Å². The number of phenolic OH excluding ortho intramolecular Hbond substituents is 1. The number of nitrogens with two attached hydrogens (primary N) is 1. The number of phenols is 1. The Kier molecular flexibility index (Phi) is 2.46. The number of hydrogen-bond acceptors (Lipinski definition) is 3. The molecule has 0 saturated heterocycles. The van der Waals surface area contributed by atoms with Gasteiger partial charge in [0, 0.05) is 6.04 Å². The van der Waals surface area contributed by atoms with Crippen LogP contribution < -0.4 is 11.3 Å². The van der Waals surface area contributed by atoms with E-state index in [-0.39, 0.29) is 11.8 Å². The summed E-state index contributed by atoms with van der Waals surface area (Å²) in [6.45, 7) is 1.95. The van der Waals surface area contributed by atoms with Gasteiger partial charge in [0.1, 0.15) is 5.75 Å². The summed E-state index contributed by atoms with van der Waals surface area (Å²) in [5, 5.41) is 8.96. The molecule has 1 rings (SSSR count). The van der Waals surface area contributed by atoms with Crippen LogP contribution in [0.3, 0.4) is 0 Å². The molecule has 0 aliphatic rings. The Bertz CT molecular complexity index is 220. The summed E-state index contributed by atoms with van der Waals surface area (Å²) in [5.74, 6) is 5.51. The average molecular weight is 152 g/mol. The predicted octanol–water partition coefficient (Wildman–Crippen LogP) is 0.917. The van der Waals surface area contributed by atoms with Crippen LogP contribution >= 0.6 is 0 Å². The van der Waals surface area contributed by atoms with E-state index >= 15 is 0 Å². The Morgan fingerprint density at radius 3 is 2.36 bits per heavy atom. The van der Waals surface area contributed by atoms with E-state index in [1.165, 1.54) is 0 Å². The monoisotopic (exact) mass is 152 g/mol. The van der Waals surface area contributed by atoms with Gasteiger partial charge in [0.2, 0.25) is 0 Å². The van der Waals surface area contributed by atoms with Crippen molar-refractivity contribution < 1.29 is 5.11 Å². The normalized spacial score (nSPS) is 12.9. The largest absolute Gasteiger partial charge is 0.508 e. The van der Waals surface area contributed by atoms with Crippen LogP contribution in [0.5, 0.6) is 5.75 Å². The first kappa shape index (κ1) is 8.04. The smallest absolute Gasteiger partial charge is 0.115 e. The maximum Gasteiger partial charge on any atom is 0.115 e. The fraction of sp³-hybridized carbons (Fsp3) is 0.250. The van der Waals surface area contributed by atoms with Crippen LogP contribution in [0.1, 0.15) is 18.5 Å². The number of nitrogens with one attached hydrogen (secondary N) is 1. The summed E-state index contributed by atoms with van der Waals surface area (Å²) < 4.78 is 0. The van der Waals surface area contributed by atoms with Crippen molar-refractivity contribution in [1.29, 1.82) is 0 Å². The molecular formula is C8H12N2O. The summed E-state index contributed by atoms with van der Waals surface area (Å²) in [5.41, 5.74) is 3.68. The standard InChI is InChI=1S/C8H12N2O/c1-6(10-9)7-2-4-8(11)5-3-7/h2-6,10-11H,9H2,1H3. The van der Waals surface area contributed by atoms with Gasteiger partial charge in [-0.05, 0) is 24.6 Å². The summed E-state index contributed by atoms with van der Waals surface area (Å²) in [6.07, 6.45) is 0. The van der Waals surface area contributed by atoms with E-state index in [2.05, 4.69) is 5.43 Å². The molecule has 0 heterocycles. The van der Waals surface area contributed by atoms with Gasteiger partial charge in [-0.15, -0.1) is 0 Å². The molecule has 0 aliphatic heterocycles. The molecule has 1 unspecified atom stereocenters. The molecular weight excluding hydrogens is 140 g/mol. The lowest BCUT2D eigenvalue weighted by molar-refractivity contribution is 0.474. The van der Waals surface area contributed by atoms with Gasteiger partial charge in [0.05, 0.1) is 0 Å². The van der Waals surface area contributed by atoms with Crippen LogP contribution in [0.4, 0.5) is 0 Å². The van der Waals surface area contributed by atoms with Gasteiger partial charge in [-0.25, -0.2) is 0 Å². The number of aromatic hydroxyl groups is 1. The summed E-state index contributed by atoms with van der Waals surface area (Å²) in [6, 6.07) is 7.07. The molecule has 0 spiro atoms. The maximum atomic E-state index is 8.96. The second kappa shape index (κ2) is 3.37. The van der Waals surface area contributed by atoms with Crippen LogP contribution in [0, 0.1) is 0 Å². The van der Waals surface area contributed by atoms with Crippen molar-refractivity contribution in [2.75, 3.05) is 0 Å². The maximum absolute atomic E-state index is 8.96. The lowest BCUT2D eigenvalue weighted by Crippen LogP contribution is -2.25. The SMILES string of the molecule is CC(NN)c1ccc(O)cc1.